The van der Waals surface area contributed by atoms with Crippen LogP contribution in [0.25, 0.3) is 0 Å². The maximum absolute atomic E-state index is 12.3. The van der Waals surface area contributed by atoms with E-state index in [1.54, 1.807) is 11.8 Å². The first-order valence-electron chi connectivity index (χ1n) is 7.31. The average Bonchev–Trinajstić information content (AvgIpc) is 2.78. The predicted octanol–water partition coefficient (Wildman–Crippen LogP) is 3.41. The van der Waals surface area contributed by atoms with E-state index < -0.39 is 0 Å². The molecule has 0 saturated carbocycles. The van der Waals surface area contributed by atoms with Gasteiger partial charge in [0.05, 0.1) is 11.4 Å². The Balaban J connectivity index is 2.05. The van der Waals surface area contributed by atoms with Gasteiger partial charge in [0.2, 0.25) is 5.91 Å². The van der Waals surface area contributed by atoms with E-state index in [4.69, 9.17) is 0 Å². The Kier molecular flexibility index (Phi) is 3.83. The minimum atomic E-state index is 0.161. The minimum Gasteiger partial charge on any atom is -0.273 e. The fraction of sp³-hybridized carbons (Fsp3) is 0.500. The van der Waals surface area contributed by atoms with E-state index in [1.807, 2.05) is 4.90 Å². The summed E-state index contributed by atoms with van der Waals surface area (Å²) in [6.45, 7) is 4.10. The molecule has 0 atom stereocenters. The van der Waals surface area contributed by atoms with Gasteiger partial charge in [-0.25, -0.2) is 0 Å². The van der Waals surface area contributed by atoms with Crippen molar-refractivity contribution in [3.63, 3.8) is 0 Å². The molecule has 1 heterocycles. The zero-order valence-electron chi connectivity index (χ0n) is 12.1. The molecular weight excluding hydrogens is 268 g/mol. The van der Waals surface area contributed by atoms with Crippen LogP contribution in [-0.2, 0) is 17.6 Å². The van der Waals surface area contributed by atoms with Gasteiger partial charge >= 0.3 is 0 Å². The SMILES string of the molecule is CC(C)/N=C1\SCC(=O)N1c1cccc2c1CCCC2. The zero-order valence-corrected chi connectivity index (χ0v) is 12.9. The largest absolute Gasteiger partial charge is 0.273 e. The highest BCUT2D eigenvalue weighted by Gasteiger charge is 2.32. The number of carbonyl (C=O) groups is 1. The summed E-state index contributed by atoms with van der Waals surface area (Å²) in [5.74, 6) is 0.670. The second kappa shape index (κ2) is 5.60. The minimum absolute atomic E-state index is 0.161. The van der Waals surface area contributed by atoms with Gasteiger partial charge in [0.1, 0.15) is 0 Å². The summed E-state index contributed by atoms with van der Waals surface area (Å²) in [7, 11) is 0. The van der Waals surface area contributed by atoms with Crippen molar-refractivity contribution in [1.29, 1.82) is 0 Å². The molecule has 0 radical (unpaired) electrons. The lowest BCUT2D eigenvalue weighted by molar-refractivity contribution is -0.115. The van der Waals surface area contributed by atoms with Crippen LogP contribution >= 0.6 is 11.8 Å². The quantitative estimate of drug-likeness (QED) is 0.835. The third-order valence-corrected chi connectivity index (χ3v) is 4.68. The van der Waals surface area contributed by atoms with Gasteiger partial charge in [0.15, 0.2) is 5.17 Å². The molecule has 0 spiro atoms. The summed E-state index contributed by atoms with van der Waals surface area (Å²) in [6, 6.07) is 6.56. The van der Waals surface area contributed by atoms with E-state index >= 15 is 0 Å². The number of anilines is 1. The van der Waals surface area contributed by atoms with Crippen LogP contribution in [-0.4, -0.2) is 22.9 Å². The molecule has 3 nitrogen and oxygen atoms in total. The van der Waals surface area contributed by atoms with Crippen molar-refractivity contribution in [2.45, 2.75) is 45.6 Å². The maximum Gasteiger partial charge on any atom is 0.243 e. The number of amides is 1. The molecule has 0 N–H and O–H groups in total. The fourth-order valence-corrected chi connectivity index (χ4v) is 3.88. The van der Waals surface area contributed by atoms with Gasteiger partial charge < -0.3 is 0 Å². The number of aliphatic imine (C=N–C) groups is 1. The zero-order chi connectivity index (χ0) is 14.1. The van der Waals surface area contributed by atoms with Crippen LogP contribution in [0.1, 0.15) is 37.8 Å². The van der Waals surface area contributed by atoms with Gasteiger partial charge in [-0.1, -0.05) is 23.9 Å². The van der Waals surface area contributed by atoms with Crippen LogP contribution in [0.15, 0.2) is 23.2 Å². The Labute approximate surface area is 124 Å². The van der Waals surface area contributed by atoms with Crippen molar-refractivity contribution in [1.82, 2.24) is 0 Å². The number of aryl methyl sites for hydroxylation is 1. The monoisotopic (exact) mass is 288 g/mol. The van der Waals surface area contributed by atoms with Gasteiger partial charge in [-0.15, -0.1) is 0 Å². The normalized spacial score (nSPS) is 20.9. The van der Waals surface area contributed by atoms with Crippen molar-refractivity contribution < 1.29 is 4.79 Å². The first kappa shape index (κ1) is 13.7. The van der Waals surface area contributed by atoms with E-state index in [2.05, 4.69) is 37.0 Å². The van der Waals surface area contributed by atoms with Crippen LogP contribution in [0, 0.1) is 0 Å². The van der Waals surface area contributed by atoms with Gasteiger partial charge in [-0.2, -0.15) is 0 Å². The standard InChI is InChI=1S/C16H20N2OS/c1-11(2)17-16-18(15(19)10-20-16)14-9-5-7-12-6-3-4-8-13(12)14/h5,7,9,11H,3-4,6,8,10H2,1-2H3/b17-16-. The van der Waals surface area contributed by atoms with E-state index in [0.29, 0.717) is 5.75 Å². The first-order valence-corrected chi connectivity index (χ1v) is 8.29. The molecule has 1 aliphatic heterocycles. The molecule has 1 amide bonds. The molecule has 3 rings (SSSR count). The summed E-state index contributed by atoms with van der Waals surface area (Å²) >= 11 is 1.56. The predicted molar refractivity (Wildman–Crippen MR) is 85.6 cm³/mol. The number of hydrogen-bond acceptors (Lipinski definition) is 3. The van der Waals surface area contributed by atoms with Gasteiger partial charge in [0.25, 0.3) is 0 Å². The second-order valence-corrected chi connectivity index (χ2v) is 6.59. The van der Waals surface area contributed by atoms with Gasteiger partial charge in [-0.05, 0) is 56.7 Å². The molecule has 1 aromatic rings. The third kappa shape index (κ3) is 2.49. The average molecular weight is 288 g/mol. The van der Waals surface area contributed by atoms with Crippen LogP contribution in [0.3, 0.4) is 0 Å². The van der Waals surface area contributed by atoms with Crippen LogP contribution in [0.5, 0.6) is 0 Å². The number of amidine groups is 1. The highest BCUT2D eigenvalue weighted by molar-refractivity contribution is 8.15. The van der Waals surface area contributed by atoms with E-state index in [0.717, 1.165) is 23.7 Å². The van der Waals surface area contributed by atoms with Gasteiger partial charge in [-0.3, -0.25) is 14.7 Å². The highest BCUT2D eigenvalue weighted by Crippen LogP contribution is 2.34. The summed E-state index contributed by atoms with van der Waals surface area (Å²) in [6.07, 6.45) is 4.69. The topological polar surface area (TPSA) is 32.7 Å². The van der Waals surface area contributed by atoms with Crippen molar-refractivity contribution in [2.75, 3.05) is 10.7 Å². The molecule has 106 valence electrons. The molecule has 0 bridgehead atoms. The number of hydrogen-bond donors (Lipinski definition) is 0. The van der Waals surface area contributed by atoms with Gasteiger partial charge in [0, 0.05) is 6.04 Å². The number of benzene rings is 1. The van der Waals surface area contributed by atoms with E-state index in [1.165, 1.54) is 24.0 Å². The smallest absolute Gasteiger partial charge is 0.243 e. The molecule has 1 aliphatic carbocycles. The lowest BCUT2D eigenvalue weighted by Crippen LogP contribution is -2.31. The van der Waals surface area contributed by atoms with Crippen molar-refractivity contribution in [2.24, 2.45) is 4.99 Å². The van der Waals surface area contributed by atoms with Crippen LogP contribution < -0.4 is 4.90 Å². The van der Waals surface area contributed by atoms with E-state index in [9.17, 15) is 4.79 Å². The molecule has 1 saturated heterocycles. The number of thioether (sulfide) groups is 1. The number of carbonyl (C=O) groups excluding carboxylic acids is 1. The summed E-state index contributed by atoms with van der Waals surface area (Å²) in [5.41, 5.74) is 3.82. The molecule has 0 unspecified atom stereocenters. The molecule has 2 aliphatic rings. The molecule has 20 heavy (non-hydrogen) atoms. The van der Waals surface area contributed by atoms with Crippen molar-refractivity contribution >= 4 is 28.5 Å². The molecule has 0 aromatic heterocycles. The number of nitrogens with zero attached hydrogens (tertiary/aromatic N) is 2. The van der Waals surface area contributed by atoms with Crippen molar-refractivity contribution in [3.8, 4) is 0 Å². The summed E-state index contributed by atoms with van der Waals surface area (Å²) < 4.78 is 0. The lowest BCUT2D eigenvalue weighted by atomic mass is 9.90. The number of fused-ring (bicyclic) bond motifs is 1. The molecule has 1 fully saturated rings. The molecular formula is C16H20N2OS. The van der Waals surface area contributed by atoms with Crippen molar-refractivity contribution in [3.05, 3.63) is 29.3 Å². The fourth-order valence-electron chi connectivity index (χ4n) is 2.89. The highest BCUT2D eigenvalue weighted by atomic mass is 32.2. The Bertz CT molecular complexity index is 566. The molecule has 4 heteroatoms. The summed E-state index contributed by atoms with van der Waals surface area (Å²) in [5, 5.41) is 0.865. The van der Waals surface area contributed by atoms with Crippen LogP contribution in [0.2, 0.25) is 0 Å². The first-order chi connectivity index (χ1) is 9.66. The Morgan fingerprint density at radius 1 is 1.25 bits per heavy atom. The third-order valence-electron chi connectivity index (χ3n) is 3.75. The Morgan fingerprint density at radius 3 is 2.85 bits per heavy atom. The molecule has 1 aromatic carbocycles. The Hall–Kier alpha value is -1.29. The second-order valence-electron chi connectivity index (χ2n) is 5.65. The summed E-state index contributed by atoms with van der Waals surface area (Å²) in [4.78, 5) is 18.7. The van der Waals surface area contributed by atoms with E-state index in [-0.39, 0.29) is 11.9 Å². The lowest BCUT2D eigenvalue weighted by Gasteiger charge is -2.25. The van der Waals surface area contributed by atoms with Crippen LogP contribution in [0.4, 0.5) is 5.69 Å². The maximum atomic E-state index is 12.3. The Morgan fingerprint density at radius 2 is 2.05 bits per heavy atom. The number of rotatable bonds is 2.